The number of nitrogens with one attached hydrogen (secondary N) is 2. The molecule has 0 bridgehead atoms. The van der Waals surface area contributed by atoms with Gasteiger partial charge >= 0.3 is 5.97 Å². The highest BCUT2D eigenvalue weighted by Crippen LogP contribution is 2.34. The molecular formula is C30H38IN3O4. The summed E-state index contributed by atoms with van der Waals surface area (Å²) in [5, 5.41) is 12.6. The van der Waals surface area contributed by atoms with Crippen LogP contribution in [-0.2, 0) is 27.2 Å². The molecule has 0 spiro atoms. The van der Waals surface area contributed by atoms with Gasteiger partial charge in [-0.2, -0.15) is 0 Å². The maximum Gasteiger partial charge on any atom is 0.324 e. The zero-order valence-corrected chi connectivity index (χ0v) is 25.0. The molecule has 1 saturated heterocycles. The van der Waals surface area contributed by atoms with Crippen LogP contribution in [-0.4, -0.2) is 53.3 Å². The van der Waals surface area contributed by atoms with E-state index in [9.17, 15) is 14.7 Å². The Labute approximate surface area is 238 Å². The standard InChI is InChI=1S/C30H38IN3O4/c1-18-11-20(13-19(2)28(36)34-10-6-7-26(33-34)29(37)38-5)14-22(12-18)21-8-9-25-23(15-21)24(27(31)32-25)16-30(3,4)17-35/h8-9,11-12,14-15,19,26,32-33,35H,6-7,10,13,16-17H2,1-5H3/t19-,26-/m0/s1. The number of benzene rings is 2. The van der Waals surface area contributed by atoms with Crippen LogP contribution >= 0.6 is 22.6 Å². The van der Waals surface area contributed by atoms with E-state index in [1.807, 2.05) is 6.92 Å². The number of halogens is 1. The van der Waals surface area contributed by atoms with E-state index in [1.165, 1.54) is 18.1 Å². The third-order valence-electron chi connectivity index (χ3n) is 7.31. The number of aryl methyl sites for hydroxylation is 1. The van der Waals surface area contributed by atoms with E-state index in [1.54, 1.807) is 5.01 Å². The summed E-state index contributed by atoms with van der Waals surface area (Å²) in [7, 11) is 1.37. The Bertz CT molecular complexity index is 1330. The number of aromatic amines is 1. The molecule has 0 unspecified atom stereocenters. The van der Waals surface area contributed by atoms with Gasteiger partial charge in [0.1, 0.15) is 6.04 Å². The lowest BCUT2D eigenvalue weighted by Crippen LogP contribution is -2.56. The maximum absolute atomic E-state index is 13.2. The number of esters is 1. The molecule has 2 atom stereocenters. The van der Waals surface area contributed by atoms with E-state index < -0.39 is 6.04 Å². The van der Waals surface area contributed by atoms with Crippen LogP contribution in [0.5, 0.6) is 0 Å². The van der Waals surface area contributed by atoms with E-state index in [0.717, 1.165) is 44.3 Å². The fourth-order valence-electron chi connectivity index (χ4n) is 5.21. The second-order valence-electron chi connectivity index (χ2n) is 11.3. The zero-order chi connectivity index (χ0) is 27.6. The zero-order valence-electron chi connectivity index (χ0n) is 22.9. The Hall–Kier alpha value is -2.43. The number of hydrogen-bond acceptors (Lipinski definition) is 5. The minimum Gasteiger partial charge on any atom is -0.468 e. The van der Waals surface area contributed by atoms with E-state index in [4.69, 9.17) is 4.74 Å². The number of ether oxygens (including phenoxy) is 1. The summed E-state index contributed by atoms with van der Waals surface area (Å²) in [4.78, 5) is 28.7. The van der Waals surface area contributed by atoms with Crippen LogP contribution in [0.1, 0.15) is 50.3 Å². The third-order valence-corrected chi connectivity index (χ3v) is 8.23. The fourth-order valence-corrected chi connectivity index (χ4v) is 5.98. The Morgan fingerprint density at radius 2 is 1.97 bits per heavy atom. The number of aliphatic hydroxyl groups excluding tert-OH is 1. The first-order valence-electron chi connectivity index (χ1n) is 13.2. The predicted molar refractivity (Wildman–Crippen MR) is 159 cm³/mol. The van der Waals surface area contributed by atoms with Crippen molar-refractivity contribution < 1.29 is 19.4 Å². The van der Waals surface area contributed by atoms with E-state index in [-0.39, 0.29) is 29.8 Å². The van der Waals surface area contributed by atoms with E-state index >= 15 is 0 Å². The van der Waals surface area contributed by atoms with Crippen molar-refractivity contribution in [2.75, 3.05) is 20.3 Å². The van der Waals surface area contributed by atoms with Crippen LogP contribution in [0.2, 0.25) is 0 Å². The van der Waals surface area contributed by atoms with Crippen LogP contribution in [0.25, 0.3) is 22.0 Å². The topological polar surface area (TPSA) is 94.7 Å². The van der Waals surface area contributed by atoms with Gasteiger partial charge in [-0.25, -0.2) is 5.43 Å². The number of methoxy groups -OCH3 is 1. The predicted octanol–water partition coefficient (Wildman–Crippen LogP) is 5.16. The average Bonchev–Trinajstić information content (AvgIpc) is 3.20. The quantitative estimate of drug-likeness (QED) is 0.236. The number of amides is 1. The number of hydrazine groups is 1. The number of fused-ring (bicyclic) bond motifs is 1. The smallest absolute Gasteiger partial charge is 0.324 e. The average molecular weight is 632 g/mol. The Kier molecular flexibility index (Phi) is 8.84. The number of carbonyl (C=O) groups is 2. The highest BCUT2D eigenvalue weighted by Gasteiger charge is 2.30. The Morgan fingerprint density at radius 1 is 1.21 bits per heavy atom. The third kappa shape index (κ3) is 6.40. The van der Waals surface area contributed by atoms with Crippen molar-refractivity contribution in [2.24, 2.45) is 11.3 Å². The van der Waals surface area contributed by atoms with Crippen molar-refractivity contribution in [1.82, 2.24) is 15.4 Å². The lowest BCUT2D eigenvalue weighted by Gasteiger charge is -2.34. The highest BCUT2D eigenvalue weighted by atomic mass is 127. The first kappa shape index (κ1) is 28.6. The number of rotatable bonds is 8. The number of aliphatic hydroxyl groups is 1. The number of carbonyl (C=O) groups excluding carboxylic acids is 2. The molecule has 0 radical (unpaired) electrons. The molecule has 1 amide bonds. The second-order valence-corrected chi connectivity index (χ2v) is 12.4. The van der Waals surface area contributed by atoms with Gasteiger partial charge in [-0.15, -0.1) is 0 Å². The molecule has 1 aromatic heterocycles. The van der Waals surface area contributed by atoms with Crippen molar-refractivity contribution >= 4 is 45.4 Å². The summed E-state index contributed by atoms with van der Waals surface area (Å²) >= 11 is 2.35. The summed E-state index contributed by atoms with van der Waals surface area (Å²) in [6, 6.07) is 12.5. The summed E-state index contributed by atoms with van der Waals surface area (Å²) in [5.74, 6) is -0.591. The molecule has 0 saturated carbocycles. The monoisotopic (exact) mass is 631 g/mol. The molecule has 2 aromatic carbocycles. The molecule has 1 aliphatic heterocycles. The number of nitrogens with zero attached hydrogens (tertiary/aromatic N) is 1. The summed E-state index contributed by atoms with van der Waals surface area (Å²) < 4.78 is 5.96. The van der Waals surface area contributed by atoms with Gasteiger partial charge in [0.05, 0.1) is 10.8 Å². The number of H-pyrrole nitrogens is 1. The Balaban J connectivity index is 1.56. The second kappa shape index (κ2) is 11.8. The molecule has 2 heterocycles. The molecule has 204 valence electrons. The van der Waals surface area contributed by atoms with Gasteiger partial charge in [-0.3, -0.25) is 14.6 Å². The van der Waals surface area contributed by atoms with E-state index in [0.29, 0.717) is 19.4 Å². The van der Waals surface area contributed by atoms with Crippen molar-refractivity contribution in [1.29, 1.82) is 0 Å². The normalized spacial score (nSPS) is 17.0. The minimum absolute atomic E-state index is 0.0129. The molecule has 38 heavy (non-hydrogen) atoms. The molecule has 3 N–H and O–H groups in total. The van der Waals surface area contributed by atoms with Crippen LogP contribution in [0.4, 0.5) is 0 Å². The highest BCUT2D eigenvalue weighted by molar-refractivity contribution is 14.1. The molecule has 8 heteroatoms. The summed E-state index contributed by atoms with van der Waals surface area (Å²) in [6.07, 6.45) is 2.81. The molecule has 1 aliphatic rings. The van der Waals surface area contributed by atoms with Gasteiger partial charge < -0.3 is 14.8 Å². The van der Waals surface area contributed by atoms with Crippen molar-refractivity contribution in [3.63, 3.8) is 0 Å². The number of aromatic nitrogens is 1. The van der Waals surface area contributed by atoms with Gasteiger partial charge in [0, 0.05) is 30.0 Å². The first-order chi connectivity index (χ1) is 18.0. The molecule has 4 rings (SSSR count). The fraction of sp³-hybridized carbons (Fsp3) is 0.467. The first-order valence-corrected chi connectivity index (χ1v) is 14.3. The molecule has 7 nitrogen and oxygen atoms in total. The van der Waals surface area contributed by atoms with Gasteiger partial charge in [0.25, 0.3) is 0 Å². The van der Waals surface area contributed by atoms with Crippen molar-refractivity contribution in [3.05, 3.63) is 56.8 Å². The van der Waals surface area contributed by atoms with Crippen molar-refractivity contribution in [2.45, 2.75) is 59.4 Å². The van der Waals surface area contributed by atoms with Crippen LogP contribution < -0.4 is 5.43 Å². The van der Waals surface area contributed by atoms with E-state index in [2.05, 4.69) is 90.2 Å². The summed E-state index contributed by atoms with van der Waals surface area (Å²) in [6.45, 7) is 8.90. The summed E-state index contributed by atoms with van der Waals surface area (Å²) in [5.41, 5.74) is 9.66. The SMILES string of the molecule is COC(=O)[C@@H]1CCCN(C(=O)[C@@H](C)Cc2cc(C)cc(-c3ccc4[nH]c(I)c(CC(C)(C)CO)c4c3)c2)N1. The van der Waals surface area contributed by atoms with Crippen LogP contribution in [0.15, 0.2) is 36.4 Å². The lowest BCUT2D eigenvalue weighted by molar-refractivity contribution is -0.150. The van der Waals surface area contributed by atoms with Crippen LogP contribution in [0.3, 0.4) is 0 Å². The minimum atomic E-state index is -0.477. The van der Waals surface area contributed by atoms with Gasteiger partial charge in [-0.1, -0.05) is 50.6 Å². The molecule has 3 aromatic rings. The van der Waals surface area contributed by atoms with Gasteiger partial charge in [0.2, 0.25) is 5.91 Å². The van der Waals surface area contributed by atoms with Gasteiger partial charge in [-0.05, 0) is 95.0 Å². The van der Waals surface area contributed by atoms with Crippen LogP contribution in [0, 0.1) is 22.0 Å². The lowest BCUT2D eigenvalue weighted by atomic mass is 9.86. The molecule has 1 fully saturated rings. The number of hydrogen-bond donors (Lipinski definition) is 3. The largest absolute Gasteiger partial charge is 0.468 e. The molecular weight excluding hydrogens is 593 g/mol. The maximum atomic E-state index is 13.2. The molecule has 0 aliphatic carbocycles. The van der Waals surface area contributed by atoms with Crippen molar-refractivity contribution in [3.8, 4) is 11.1 Å². The van der Waals surface area contributed by atoms with Gasteiger partial charge in [0.15, 0.2) is 0 Å². The Morgan fingerprint density at radius 3 is 2.68 bits per heavy atom.